The second-order valence-corrected chi connectivity index (χ2v) is 5.34. The lowest BCUT2D eigenvalue weighted by Crippen LogP contribution is -2.25. The number of amides is 1. The number of nitrogens with one attached hydrogen (secondary N) is 1. The highest BCUT2D eigenvalue weighted by molar-refractivity contribution is 7.10. The van der Waals surface area contributed by atoms with Gasteiger partial charge in [-0.15, -0.1) is 11.3 Å². The molecule has 0 spiro atoms. The number of aliphatic hydroxyl groups excluding tert-OH is 1. The molecular weight excluding hydrogens is 286 g/mol. The topological polar surface area (TPSA) is 67.2 Å². The molecule has 2 N–H and O–H groups in total. The van der Waals surface area contributed by atoms with Crippen molar-refractivity contribution in [1.29, 1.82) is 0 Å². The molecule has 2 rings (SSSR count). The highest BCUT2D eigenvalue weighted by atomic mass is 32.1. The van der Waals surface area contributed by atoms with Crippen molar-refractivity contribution in [2.75, 3.05) is 13.2 Å². The first kappa shape index (κ1) is 15.3. The first-order valence-electron chi connectivity index (χ1n) is 6.64. The Morgan fingerprint density at radius 3 is 3.14 bits per heavy atom. The summed E-state index contributed by atoms with van der Waals surface area (Å²) in [5.41, 5.74) is 1.70. The minimum atomic E-state index is -0.0939. The molecule has 0 unspecified atom stereocenters. The van der Waals surface area contributed by atoms with E-state index in [9.17, 15) is 4.79 Å². The Balaban J connectivity index is 1.84. The van der Waals surface area contributed by atoms with Gasteiger partial charge in [0, 0.05) is 43.7 Å². The van der Waals surface area contributed by atoms with Gasteiger partial charge in [0.1, 0.15) is 0 Å². The van der Waals surface area contributed by atoms with Crippen molar-refractivity contribution >= 4 is 17.2 Å². The summed E-state index contributed by atoms with van der Waals surface area (Å²) in [5, 5.41) is 17.4. The lowest BCUT2D eigenvalue weighted by atomic mass is 10.2. The van der Waals surface area contributed by atoms with E-state index < -0.39 is 0 Å². The molecule has 0 bridgehead atoms. The fourth-order valence-electron chi connectivity index (χ4n) is 1.78. The quantitative estimate of drug-likeness (QED) is 0.815. The molecule has 0 saturated carbocycles. The van der Waals surface area contributed by atoms with Gasteiger partial charge in [-0.3, -0.25) is 9.48 Å². The van der Waals surface area contributed by atoms with E-state index in [0.717, 1.165) is 17.0 Å². The predicted molar refractivity (Wildman–Crippen MR) is 82.1 cm³/mol. The highest BCUT2D eigenvalue weighted by Gasteiger charge is 2.08. The fourth-order valence-corrected chi connectivity index (χ4v) is 2.53. The van der Waals surface area contributed by atoms with Gasteiger partial charge in [-0.2, -0.15) is 5.10 Å². The molecule has 0 fully saturated rings. The van der Waals surface area contributed by atoms with Crippen molar-refractivity contribution in [2.45, 2.75) is 12.8 Å². The number of carbonyl (C=O) groups is 1. The zero-order chi connectivity index (χ0) is 15.1. The molecule has 0 atom stereocenters. The lowest BCUT2D eigenvalue weighted by Gasteiger charge is -2.04. The predicted octanol–water partition coefficient (Wildman–Crippen LogP) is 1.19. The van der Waals surface area contributed by atoms with Crippen LogP contribution in [0, 0.1) is 11.8 Å². The molecule has 1 amide bonds. The number of aliphatic hydroxyl groups is 1. The highest BCUT2D eigenvalue weighted by Crippen LogP contribution is 2.13. The molecule has 21 heavy (non-hydrogen) atoms. The minimum absolute atomic E-state index is 0.0553. The van der Waals surface area contributed by atoms with Crippen LogP contribution in [0.4, 0.5) is 0 Å². The van der Waals surface area contributed by atoms with E-state index in [0.29, 0.717) is 18.5 Å². The number of hydrogen-bond acceptors (Lipinski definition) is 4. The number of aromatic nitrogens is 2. The van der Waals surface area contributed by atoms with Crippen LogP contribution in [0.2, 0.25) is 0 Å². The van der Waals surface area contributed by atoms with Gasteiger partial charge in [-0.05, 0) is 12.1 Å². The van der Waals surface area contributed by atoms with Crippen LogP contribution in [0.3, 0.4) is 0 Å². The van der Waals surface area contributed by atoms with Gasteiger partial charge >= 0.3 is 0 Å². The van der Waals surface area contributed by atoms with Crippen LogP contribution in [0.25, 0.3) is 0 Å². The molecule has 2 heterocycles. The maximum atomic E-state index is 12.0. The van der Waals surface area contributed by atoms with Crippen molar-refractivity contribution < 1.29 is 9.90 Å². The van der Waals surface area contributed by atoms with Crippen molar-refractivity contribution in [3.63, 3.8) is 0 Å². The third kappa shape index (κ3) is 4.45. The van der Waals surface area contributed by atoms with Crippen LogP contribution in [-0.2, 0) is 13.5 Å². The van der Waals surface area contributed by atoms with E-state index >= 15 is 0 Å². The SMILES string of the molecule is Cn1nccc1CCNC(=O)c1csc(C#CCCO)c1. The summed E-state index contributed by atoms with van der Waals surface area (Å²) in [6, 6.07) is 3.71. The Morgan fingerprint density at radius 1 is 1.57 bits per heavy atom. The number of hydrogen-bond donors (Lipinski definition) is 2. The zero-order valence-electron chi connectivity index (χ0n) is 11.8. The maximum Gasteiger partial charge on any atom is 0.252 e. The van der Waals surface area contributed by atoms with E-state index in [4.69, 9.17) is 5.11 Å². The normalized spacial score (nSPS) is 10.0. The standard InChI is InChI=1S/C15H17N3O2S/c1-18-13(6-8-17-18)5-7-16-15(20)12-10-14(21-11-12)4-2-3-9-19/h6,8,10-11,19H,3,5,7,9H2,1H3,(H,16,20). The number of carbonyl (C=O) groups excluding carboxylic acids is 1. The van der Waals surface area contributed by atoms with Crippen molar-refractivity contribution in [2.24, 2.45) is 7.05 Å². The Hall–Kier alpha value is -2.10. The van der Waals surface area contributed by atoms with Gasteiger partial charge in [0.15, 0.2) is 0 Å². The largest absolute Gasteiger partial charge is 0.395 e. The third-order valence-corrected chi connectivity index (χ3v) is 3.74. The van der Waals surface area contributed by atoms with Crippen LogP contribution in [0.5, 0.6) is 0 Å². The van der Waals surface area contributed by atoms with E-state index in [2.05, 4.69) is 22.3 Å². The number of thiophene rings is 1. The average molecular weight is 303 g/mol. The van der Waals surface area contributed by atoms with Crippen molar-refractivity contribution in [1.82, 2.24) is 15.1 Å². The molecule has 110 valence electrons. The van der Waals surface area contributed by atoms with Gasteiger partial charge in [0.2, 0.25) is 0 Å². The Bertz CT molecular complexity index is 664. The van der Waals surface area contributed by atoms with Gasteiger partial charge in [0.25, 0.3) is 5.91 Å². The summed E-state index contributed by atoms with van der Waals surface area (Å²) in [6.07, 6.45) is 2.94. The molecule has 6 heteroatoms. The van der Waals surface area contributed by atoms with Crippen LogP contribution in [0.1, 0.15) is 27.3 Å². The van der Waals surface area contributed by atoms with Gasteiger partial charge in [-0.25, -0.2) is 0 Å². The van der Waals surface area contributed by atoms with E-state index in [1.54, 1.807) is 22.3 Å². The summed E-state index contributed by atoms with van der Waals surface area (Å²) < 4.78 is 1.80. The smallest absolute Gasteiger partial charge is 0.252 e. The molecule has 0 aromatic carbocycles. The van der Waals surface area contributed by atoms with Crippen LogP contribution in [0.15, 0.2) is 23.7 Å². The Kier molecular flexibility index (Phi) is 5.55. The first-order chi connectivity index (χ1) is 10.2. The molecule has 0 saturated heterocycles. The molecule has 0 aliphatic heterocycles. The summed E-state index contributed by atoms with van der Waals surface area (Å²) in [4.78, 5) is 12.8. The van der Waals surface area contributed by atoms with E-state index in [1.165, 1.54) is 11.3 Å². The van der Waals surface area contributed by atoms with Crippen molar-refractivity contribution in [3.8, 4) is 11.8 Å². The monoisotopic (exact) mass is 303 g/mol. The second-order valence-electron chi connectivity index (χ2n) is 4.43. The molecule has 0 aliphatic rings. The number of aryl methyl sites for hydroxylation is 1. The molecule has 0 aliphatic carbocycles. The van der Waals surface area contributed by atoms with Crippen molar-refractivity contribution in [3.05, 3.63) is 39.8 Å². The van der Waals surface area contributed by atoms with Crippen LogP contribution < -0.4 is 5.32 Å². The van der Waals surface area contributed by atoms with Crippen LogP contribution >= 0.6 is 11.3 Å². The summed E-state index contributed by atoms with van der Waals surface area (Å²) >= 11 is 1.43. The van der Waals surface area contributed by atoms with Gasteiger partial charge < -0.3 is 10.4 Å². The summed E-state index contributed by atoms with van der Waals surface area (Å²) in [6.45, 7) is 0.624. The fraction of sp³-hybridized carbons (Fsp3) is 0.333. The van der Waals surface area contributed by atoms with Gasteiger partial charge in [0.05, 0.1) is 17.0 Å². The molecule has 5 nitrogen and oxygen atoms in total. The minimum Gasteiger partial charge on any atom is -0.395 e. The van der Waals surface area contributed by atoms with Gasteiger partial charge in [-0.1, -0.05) is 11.8 Å². The molecule has 2 aromatic heterocycles. The molecule has 2 aromatic rings. The maximum absolute atomic E-state index is 12.0. The Morgan fingerprint density at radius 2 is 2.43 bits per heavy atom. The zero-order valence-corrected chi connectivity index (χ0v) is 12.6. The summed E-state index contributed by atoms with van der Waals surface area (Å²) in [7, 11) is 1.88. The third-order valence-electron chi connectivity index (χ3n) is 2.90. The Labute approximate surface area is 127 Å². The number of nitrogens with zero attached hydrogens (tertiary/aromatic N) is 2. The second kappa shape index (κ2) is 7.62. The lowest BCUT2D eigenvalue weighted by molar-refractivity contribution is 0.0954. The van der Waals surface area contributed by atoms with E-state index in [1.807, 2.05) is 13.1 Å². The first-order valence-corrected chi connectivity index (χ1v) is 7.52. The molecule has 0 radical (unpaired) electrons. The molecular formula is C15H17N3O2S. The average Bonchev–Trinajstić information content (AvgIpc) is 3.09. The summed E-state index contributed by atoms with van der Waals surface area (Å²) in [5.74, 6) is 5.67. The van der Waals surface area contributed by atoms with Crippen LogP contribution in [-0.4, -0.2) is 33.9 Å². The van der Waals surface area contributed by atoms with E-state index in [-0.39, 0.29) is 12.5 Å². The number of rotatable bonds is 5.